The van der Waals surface area contributed by atoms with Gasteiger partial charge in [0.2, 0.25) is 0 Å². The van der Waals surface area contributed by atoms with Crippen LogP contribution in [0.2, 0.25) is 0 Å². The highest BCUT2D eigenvalue weighted by atomic mass is 31.2. The fourth-order valence-electron chi connectivity index (χ4n) is 1.75. The van der Waals surface area contributed by atoms with Crippen molar-refractivity contribution in [1.82, 2.24) is 0 Å². The summed E-state index contributed by atoms with van der Waals surface area (Å²) in [6.07, 6.45) is 9.31. The van der Waals surface area contributed by atoms with Gasteiger partial charge in [0.25, 0.3) is 7.82 Å². The molecule has 0 aliphatic carbocycles. The number of hydrogen-bond donors (Lipinski definition) is 1. The molecule has 0 heterocycles. The predicted molar refractivity (Wildman–Crippen MR) is 71.3 cm³/mol. The van der Waals surface area contributed by atoms with Gasteiger partial charge in [-0.25, -0.2) is 0 Å². The first kappa shape index (κ1) is 18.4. The zero-order chi connectivity index (χ0) is 14.4. The van der Waals surface area contributed by atoms with Gasteiger partial charge in [0.15, 0.2) is 0 Å². The summed E-state index contributed by atoms with van der Waals surface area (Å²) in [5.74, 6) is 0. The standard InChI is InChI=1S/C11H24N3O4P/c12-14-13-10-8-6-4-2-1-3-5-7-9-11-18-19(15,16)17/h1-11H2,(H2,15,16,17)/p-1. The molecule has 0 aromatic heterocycles. The van der Waals surface area contributed by atoms with Gasteiger partial charge in [0.05, 0.1) is 6.61 Å². The topological polar surface area (TPSA) is 118 Å². The zero-order valence-corrected chi connectivity index (χ0v) is 12.1. The summed E-state index contributed by atoms with van der Waals surface area (Å²) in [6.45, 7) is 0.654. The maximum absolute atomic E-state index is 10.3. The molecule has 8 heteroatoms. The van der Waals surface area contributed by atoms with Gasteiger partial charge in [0.1, 0.15) is 0 Å². The van der Waals surface area contributed by atoms with Crippen LogP contribution in [0, 0.1) is 0 Å². The molecule has 0 radical (unpaired) electrons. The Hall–Kier alpha value is -0.580. The van der Waals surface area contributed by atoms with Crippen LogP contribution in [0.25, 0.3) is 10.4 Å². The molecule has 0 bridgehead atoms. The molecule has 0 saturated carbocycles. The maximum Gasteiger partial charge on any atom is 0.265 e. The van der Waals surface area contributed by atoms with Crippen molar-refractivity contribution in [3.05, 3.63) is 10.4 Å². The van der Waals surface area contributed by atoms with Crippen molar-refractivity contribution >= 4 is 7.82 Å². The van der Waals surface area contributed by atoms with E-state index in [-0.39, 0.29) is 6.61 Å². The van der Waals surface area contributed by atoms with E-state index in [2.05, 4.69) is 14.5 Å². The Morgan fingerprint density at radius 2 is 1.53 bits per heavy atom. The monoisotopic (exact) mass is 292 g/mol. The minimum Gasteiger partial charge on any atom is -0.756 e. The molecule has 1 N–H and O–H groups in total. The summed E-state index contributed by atoms with van der Waals surface area (Å²) >= 11 is 0. The molecule has 1 unspecified atom stereocenters. The molecule has 0 fully saturated rings. The molecular formula is C11H23N3O4P-. The lowest BCUT2D eigenvalue weighted by atomic mass is 10.1. The lowest BCUT2D eigenvalue weighted by Gasteiger charge is -2.14. The van der Waals surface area contributed by atoms with Gasteiger partial charge >= 0.3 is 0 Å². The van der Waals surface area contributed by atoms with E-state index in [9.17, 15) is 9.46 Å². The van der Waals surface area contributed by atoms with Crippen LogP contribution < -0.4 is 4.89 Å². The number of unbranched alkanes of at least 4 members (excludes halogenated alkanes) is 8. The van der Waals surface area contributed by atoms with Crippen molar-refractivity contribution in [2.75, 3.05) is 13.2 Å². The second kappa shape index (κ2) is 12.5. The highest BCUT2D eigenvalue weighted by Crippen LogP contribution is 2.30. The van der Waals surface area contributed by atoms with Gasteiger partial charge < -0.3 is 14.3 Å². The molecule has 0 saturated heterocycles. The number of rotatable bonds is 13. The summed E-state index contributed by atoms with van der Waals surface area (Å²) in [5.41, 5.74) is 8.07. The number of phosphoric acid groups is 1. The first-order chi connectivity index (χ1) is 9.06. The molecule has 0 aliphatic rings. The van der Waals surface area contributed by atoms with Crippen molar-refractivity contribution in [1.29, 1.82) is 0 Å². The Morgan fingerprint density at radius 3 is 2.00 bits per heavy atom. The normalized spacial score (nSPS) is 13.8. The van der Waals surface area contributed by atoms with E-state index in [4.69, 9.17) is 10.4 Å². The van der Waals surface area contributed by atoms with Crippen LogP contribution in [0.5, 0.6) is 0 Å². The van der Waals surface area contributed by atoms with E-state index in [1.54, 1.807) is 0 Å². The smallest absolute Gasteiger partial charge is 0.265 e. The van der Waals surface area contributed by atoms with Crippen molar-refractivity contribution < 1.29 is 18.9 Å². The van der Waals surface area contributed by atoms with Gasteiger partial charge in [-0.1, -0.05) is 50.1 Å². The lowest BCUT2D eigenvalue weighted by Crippen LogP contribution is -2.04. The molecule has 0 aliphatic heterocycles. The van der Waals surface area contributed by atoms with Gasteiger partial charge in [0, 0.05) is 11.5 Å². The molecule has 0 aromatic carbocycles. The molecule has 0 amide bonds. The maximum atomic E-state index is 10.3. The van der Waals surface area contributed by atoms with Crippen LogP contribution in [0.15, 0.2) is 5.11 Å². The second-order valence-electron chi connectivity index (χ2n) is 4.44. The summed E-state index contributed by atoms with van der Waals surface area (Å²) in [5, 5.41) is 3.47. The van der Waals surface area contributed by atoms with Gasteiger partial charge in [-0.15, -0.1) is 0 Å². The first-order valence-electron chi connectivity index (χ1n) is 6.75. The van der Waals surface area contributed by atoms with Gasteiger partial charge in [-0.2, -0.15) is 0 Å². The molecule has 7 nitrogen and oxygen atoms in total. The third kappa shape index (κ3) is 17.4. The quantitative estimate of drug-likeness (QED) is 0.184. The number of nitrogens with zero attached hydrogens (tertiary/aromatic N) is 3. The lowest BCUT2D eigenvalue weighted by molar-refractivity contribution is -0.219. The minimum atomic E-state index is -4.53. The van der Waals surface area contributed by atoms with Gasteiger partial charge in [-0.05, 0) is 18.4 Å². The van der Waals surface area contributed by atoms with Crippen molar-refractivity contribution in [3.8, 4) is 0 Å². The molecular weight excluding hydrogens is 269 g/mol. The molecule has 112 valence electrons. The van der Waals surface area contributed by atoms with Crippen molar-refractivity contribution in [2.24, 2.45) is 5.11 Å². The largest absolute Gasteiger partial charge is 0.756 e. The Bertz CT molecular complexity index is 302. The molecule has 0 spiro atoms. The summed E-state index contributed by atoms with van der Waals surface area (Å²) in [6, 6.07) is 0. The SMILES string of the molecule is [N-]=[N+]=NCCCCCCCCCCCOP(=O)([O-])O. The van der Waals surface area contributed by atoms with Crippen LogP contribution in [-0.4, -0.2) is 18.0 Å². The van der Waals surface area contributed by atoms with E-state index < -0.39 is 7.82 Å². The van der Waals surface area contributed by atoms with Crippen LogP contribution in [0.3, 0.4) is 0 Å². The average Bonchev–Trinajstić information content (AvgIpc) is 2.34. The van der Waals surface area contributed by atoms with E-state index >= 15 is 0 Å². The van der Waals surface area contributed by atoms with E-state index in [1.807, 2.05) is 0 Å². The fraction of sp³-hybridized carbons (Fsp3) is 1.00. The third-order valence-electron chi connectivity index (χ3n) is 2.72. The Morgan fingerprint density at radius 1 is 1.05 bits per heavy atom. The molecule has 0 aromatic rings. The van der Waals surface area contributed by atoms with Crippen molar-refractivity contribution in [3.63, 3.8) is 0 Å². The zero-order valence-electron chi connectivity index (χ0n) is 11.2. The highest BCUT2D eigenvalue weighted by Gasteiger charge is 2.00. The van der Waals surface area contributed by atoms with E-state index in [1.165, 1.54) is 12.8 Å². The third-order valence-corrected chi connectivity index (χ3v) is 3.23. The average molecular weight is 292 g/mol. The fourth-order valence-corrected chi connectivity index (χ4v) is 2.11. The Labute approximate surface area is 114 Å². The van der Waals surface area contributed by atoms with E-state index in [0.29, 0.717) is 13.0 Å². The number of phosphoric ester groups is 1. The molecule has 0 rings (SSSR count). The highest BCUT2D eigenvalue weighted by molar-refractivity contribution is 7.44. The van der Waals surface area contributed by atoms with Crippen LogP contribution in [-0.2, 0) is 9.09 Å². The number of hydrogen-bond acceptors (Lipinski definition) is 4. The van der Waals surface area contributed by atoms with Crippen LogP contribution in [0.1, 0.15) is 57.8 Å². The molecule has 19 heavy (non-hydrogen) atoms. The predicted octanol–water partition coefficient (Wildman–Crippen LogP) is 3.28. The Kier molecular flexibility index (Phi) is 12.1. The van der Waals surface area contributed by atoms with Crippen molar-refractivity contribution in [2.45, 2.75) is 57.8 Å². The summed E-state index contributed by atoms with van der Waals surface area (Å²) < 4.78 is 14.5. The van der Waals surface area contributed by atoms with Crippen LogP contribution in [0.4, 0.5) is 0 Å². The minimum absolute atomic E-state index is 0.0662. The summed E-state index contributed by atoms with van der Waals surface area (Å²) in [4.78, 5) is 21.3. The first-order valence-corrected chi connectivity index (χ1v) is 8.25. The number of azide groups is 1. The van der Waals surface area contributed by atoms with E-state index in [0.717, 1.165) is 38.5 Å². The second-order valence-corrected chi connectivity index (χ2v) is 5.63. The van der Waals surface area contributed by atoms with Gasteiger partial charge in [-0.3, -0.25) is 4.57 Å². The summed E-state index contributed by atoms with van der Waals surface area (Å²) in [7, 11) is -4.53. The Balaban J connectivity index is 3.07. The molecule has 1 atom stereocenters. The van der Waals surface area contributed by atoms with Crippen LogP contribution >= 0.6 is 7.82 Å².